The van der Waals surface area contributed by atoms with Crippen LogP contribution in [0.4, 0.5) is 11.1 Å². The van der Waals surface area contributed by atoms with Gasteiger partial charge in [-0.2, -0.15) is 0 Å². The minimum Gasteiger partial charge on any atom is -0.317 e. The van der Waals surface area contributed by atoms with E-state index < -0.39 is 0 Å². The van der Waals surface area contributed by atoms with Crippen molar-refractivity contribution in [3.05, 3.63) is 29.5 Å². The minimum atomic E-state index is 0.547. The van der Waals surface area contributed by atoms with Gasteiger partial charge in [0.15, 0.2) is 5.13 Å². The van der Waals surface area contributed by atoms with E-state index in [1.807, 2.05) is 17.6 Å². The first-order chi connectivity index (χ1) is 8.92. The second-order valence-electron chi connectivity index (χ2n) is 4.29. The predicted molar refractivity (Wildman–Crippen MR) is 72.3 cm³/mol. The molecule has 0 spiro atoms. The highest BCUT2D eigenvalue weighted by atomic mass is 32.1. The molecule has 3 rings (SSSR count). The maximum absolute atomic E-state index is 4.59. The molecule has 0 bridgehead atoms. The lowest BCUT2D eigenvalue weighted by Gasteiger charge is -2.22. The zero-order valence-corrected chi connectivity index (χ0v) is 10.8. The van der Waals surface area contributed by atoms with Crippen molar-refractivity contribution in [2.45, 2.75) is 18.8 Å². The average molecular weight is 261 g/mol. The highest BCUT2D eigenvalue weighted by Crippen LogP contribution is 2.24. The third-order valence-electron chi connectivity index (χ3n) is 3.09. The molecule has 18 heavy (non-hydrogen) atoms. The Hall–Kier alpha value is -1.53. The van der Waals surface area contributed by atoms with Gasteiger partial charge < -0.3 is 10.6 Å². The Kier molecular flexibility index (Phi) is 3.47. The van der Waals surface area contributed by atoms with E-state index in [9.17, 15) is 0 Å². The lowest BCUT2D eigenvalue weighted by atomic mass is 9.94. The molecule has 0 aromatic carbocycles. The molecular weight excluding hydrogens is 246 g/mol. The molecule has 1 aliphatic rings. The number of aromatic nitrogens is 3. The second-order valence-corrected chi connectivity index (χ2v) is 5.19. The monoisotopic (exact) mass is 261 g/mol. The molecule has 1 saturated heterocycles. The molecule has 3 heterocycles. The molecular formula is C12H15N5S. The normalized spacial score (nSPS) is 16.7. The first-order valence-corrected chi connectivity index (χ1v) is 7.00. The van der Waals surface area contributed by atoms with E-state index in [1.54, 1.807) is 17.5 Å². The van der Waals surface area contributed by atoms with Gasteiger partial charge >= 0.3 is 0 Å². The Morgan fingerprint density at radius 2 is 2.11 bits per heavy atom. The summed E-state index contributed by atoms with van der Waals surface area (Å²) in [6.07, 6.45) is 5.88. The van der Waals surface area contributed by atoms with Gasteiger partial charge in [-0.05, 0) is 32.0 Å². The lowest BCUT2D eigenvalue weighted by molar-refractivity contribution is 0.453. The average Bonchev–Trinajstić information content (AvgIpc) is 2.93. The van der Waals surface area contributed by atoms with Gasteiger partial charge in [0.25, 0.3) is 0 Å². The number of nitrogens with zero attached hydrogens (tertiary/aromatic N) is 3. The van der Waals surface area contributed by atoms with E-state index in [2.05, 4.69) is 25.6 Å². The fourth-order valence-electron chi connectivity index (χ4n) is 2.16. The number of piperidine rings is 1. The third kappa shape index (κ3) is 2.65. The highest BCUT2D eigenvalue weighted by Gasteiger charge is 2.16. The molecule has 2 N–H and O–H groups in total. The molecule has 0 unspecified atom stereocenters. The van der Waals surface area contributed by atoms with Crippen LogP contribution in [-0.2, 0) is 0 Å². The summed E-state index contributed by atoms with van der Waals surface area (Å²) in [6, 6.07) is 2.02. The number of thiazole rings is 1. The van der Waals surface area contributed by atoms with E-state index in [1.165, 1.54) is 0 Å². The van der Waals surface area contributed by atoms with E-state index in [4.69, 9.17) is 0 Å². The Labute approximate surface area is 110 Å². The third-order valence-corrected chi connectivity index (χ3v) is 3.77. The lowest BCUT2D eigenvalue weighted by Crippen LogP contribution is -2.27. The number of anilines is 2. The van der Waals surface area contributed by atoms with Crippen LogP contribution in [0.25, 0.3) is 0 Å². The van der Waals surface area contributed by atoms with Crippen molar-refractivity contribution in [1.29, 1.82) is 0 Å². The van der Waals surface area contributed by atoms with Crippen LogP contribution in [0.1, 0.15) is 24.5 Å². The van der Waals surface area contributed by atoms with E-state index in [-0.39, 0.29) is 0 Å². The standard InChI is InChI=1S/C12H15N5S/c1-4-13-5-2-9(1)10-3-6-14-11(16-10)17-12-15-7-8-18-12/h3,6-9,13H,1-2,4-5H2,(H,14,15,16,17). The van der Waals surface area contributed by atoms with E-state index >= 15 is 0 Å². The Morgan fingerprint density at radius 1 is 1.22 bits per heavy atom. The molecule has 1 fully saturated rings. The molecule has 0 aliphatic carbocycles. The van der Waals surface area contributed by atoms with Crippen molar-refractivity contribution in [2.75, 3.05) is 18.4 Å². The molecule has 0 saturated carbocycles. The maximum atomic E-state index is 4.59. The first-order valence-electron chi connectivity index (χ1n) is 6.12. The number of hydrogen-bond acceptors (Lipinski definition) is 6. The van der Waals surface area contributed by atoms with Crippen LogP contribution in [0.15, 0.2) is 23.8 Å². The van der Waals surface area contributed by atoms with Gasteiger partial charge in [0.2, 0.25) is 5.95 Å². The van der Waals surface area contributed by atoms with Gasteiger partial charge in [-0.3, -0.25) is 0 Å². The quantitative estimate of drug-likeness (QED) is 0.886. The second kappa shape index (κ2) is 5.41. The largest absolute Gasteiger partial charge is 0.317 e. The van der Waals surface area contributed by atoms with E-state index in [0.29, 0.717) is 11.9 Å². The summed E-state index contributed by atoms with van der Waals surface area (Å²) in [7, 11) is 0. The molecule has 2 aromatic heterocycles. The summed E-state index contributed by atoms with van der Waals surface area (Å²) in [5.41, 5.74) is 1.13. The number of hydrogen-bond donors (Lipinski definition) is 2. The van der Waals surface area contributed by atoms with Crippen LogP contribution in [0.3, 0.4) is 0 Å². The fourth-order valence-corrected chi connectivity index (χ4v) is 2.68. The SMILES string of the molecule is c1cc(C2CCNCC2)nc(Nc2nccs2)n1. The summed E-state index contributed by atoms with van der Waals surface area (Å²) in [5, 5.41) is 9.26. The summed E-state index contributed by atoms with van der Waals surface area (Å²) < 4.78 is 0. The molecule has 94 valence electrons. The zero-order valence-electron chi connectivity index (χ0n) is 9.97. The van der Waals surface area contributed by atoms with Gasteiger partial charge in [-0.1, -0.05) is 0 Å². The van der Waals surface area contributed by atoms with Crippen molar-refractivity contribution < 1.29 is 0 Å². The van der Waals surface area contributed by atoms with Crippen LogP contribution < -0.4 is 10.6 Å². The zero-order chi connectivity index (χ0) is 12.2. The molecule has 0 amide bonds. The fraction of sp³-hybridized carbons (Fsp3) is 0.417. The van der Waals surface area contributed by atoms with Gasteiger partial charge in [0, 0.05) is 29.4 Å². The van der Waals surface area contributed by atoms with Gasteiger partial charge in [0.05, 0.1) is 0 Å². The molecule has 6 heteroatoms. The molecule has 2 aromatic rings. The summed E-state index contributed by atoms with van der Waals surface area (Å²) in [4.78, 5) is 13.0. The van der Waals surface area contributed by atoms with Crippen LogP contribution in [0.5, 0.6) is 0 Å². The topological polar surface area (TPSA) is 62.7 Å². The van der Waals surface area contributed by atoms with Crippen molar-refractivity contribution in [3.63, 3.8) is 0 Å². The maximum Gasteiger partial charge on any atom is 0.229 e. The molecule has 0 radical (unpaired) electrons. The van der Waals surface area contributed by atoms with Gasteiger partial charge in [-0.15, -0.1) is 11.3 Å². The van der Waals surface area contributed by atoms with Gasteiger partial charge in [-0.25, -0.2) is 15.0 Å². The van der Waals surface area contributed by atoms with Crippen LogP contribution >= 0.6 is 11.3 Å². The molecule has 5 nitrogen and oxygen atoms in total. The summed E-state index contributed by atoms with van der Waals surface area (Å²) in [6.45, 7) is 2.15. The molecule has 1 aliphatic heterocycles. The van der Waals surface area contributed by atoms with Crippen molar-refractivity contribution >= 4 is 22.4 Å². The van der Waals surface area contributed by atoms with Crippen LogP contribution in [0.2, 0.25) is 0 Å². The van der Waals surface area contributed by atoms with Crippen molar-refractivity contribution in [3.8, 4) is 0 Å². The van der Waals surface area contributed by atoms with Crippen molar-refractivity contribution in [2.24, 2.45) is 0 Å². The first kappa shape index (κ1) is 11.6. The smallest absolute Gasteiger partial charge is 0.229 e. The highest BCUT2D eigenvalue weighted by molar-refractivity contribution is 7.13. The molecule has 0 atom stereocenters. The summed E-state index contributed by atoms with van der Waals surface area (Å²) >= 11 is 1.55. The Morgan fingerprint density at radius 3 is 2.89 bits per heavy atom. The number of nitrogens with one attached hydrogen (secondary N) is 2. The minimum absolute atomic E-state index is 0.547. The van der Waals surface area contributed by atoms with Gasteiger partial charge in [0.1, 0.15) is 0 Å². The number of rotatable bonds is 3. The Bertz CT molecular complexity index is 493. The van der Waals surface area contributed by atoms with E-state index in [0.717, 1.165) is 36.8 Å². The van der Waals surface area contributed by atoms with Crippen molar-refractivity contribution in [1.82, 2.24) is 20.3 Å². The summed E-state index contributed by atoms with van der Waals surface area (Å²) in [5.74, 6) is 1.19. The van der Waals surface area contributed by atoms with Crippen LogP contribution in [-0.4, -0.2) is 28.0 Å². The predicted octanol–water partition coefficient (Wildman–Crippen LogP) is 2.14. The van der Waals surface area contributed by atoms with Crippen LogP contribution in [0, 0.1) is 0 Å². The Balaban J connectivity index is 1.76.